The van der Waals surface area contributed by atoms with E-state index in [1.54, 1.807) is 5.57 Å². The summed E-state index contributed by atoms with van der Waals surface area (Å²) in [6.45, 7) is 24.9. The van der Waals surface area contributed by atoms with Crippen molar-refractivity contribution in [1.82, 2.24) is 5.01 Å². The third-order valence-electron chi connectivity index (χ3n) is 13.3. The third-order valence-corrected chi connectivity index (χ3v) is 14.2. The summed E-state index contributed by atoms with van der Waals surface area (Å²) < 4.78 is 6.35. The van der Waals surface area contributed by atoms with Crippen molar-refractivity contribution in [3.63, 3.8) is 0 Å². The van der Waals surface area contributed by atoms with Crippen LogP contribution in [0.5, 0.6) is 0 Å². The van der Waals surface area contributed by atoms with E-state index in [-0.39, 0.29) is 17.5 Å². The Bertz CT molecular complexity index is 1440. The second-order valence-electron chi connectivity index (χ2n) is 18.1. The predicted octanol–water partition coefficient (Wildman–Crippen LogP) is 11.8. The average Bonchev–Trinajstić information content (AvgIpc) is 3.41. The Morgan fingerprint density at radius 3 is 2.47 bits per heavy atom. The standard InChI is InChI=1S/C43H67N3O2Si/c1-11-46(12-2)45-44-40-21-16-32(24-27-49(8,9)10)28-36(40)41(47)48-34-22-25-42(6)33(29-34)17-18-35-38-20-19-37(31(5)15-13-14-30(3)4)43(38,7)26-23-39(35)42/h16-17,21,28,30-31,34-35,37-39H,11-15,18-20,22-23,25-26,29H2,1-10H3/t31-,34+,35+,37-,38+,39+,42+,43-/m1/s1. The van der Waals surface area contributed by atoms with Gasteiger partial charge in [-0.05, 0) is 123 Å². The predicted molar refractivity (Wildman–Crippen MR) is 206 cm³/mol. The van der Waals surface area contributed by atoms with Crippen LogP contribution in [-0.2, 0) is 4.74 Å². The largest absolute Gasteiger partial charge is 0.458 e. The molecule has 0 saturated heterocycles. The summed E-state index contributed by atoms with van der Waals surface area (Å²) >= 11 is 0. The van der Waals surface area contributed by atoms with Crippen LogP contribution in [-0.4, -0.2) is 38.2 Å². The molecule has 0 bridgehead atoms. The lowest BCUT2D eigenvalue weighted by Crippen LogP contribution is -2.51. The van der Waals surface area contributed by atoms with Crippen LogP contribution < -0.4 is 0 Å². The number of hydrogen-bond donors (Lipinski definition) is 0. The minimum absolute atomic E-state index is 0.107. The Balaban J connectivity index is 1.30. The summed E-state index contributed by atoms with van der Waals surface area (Å²) in [5.41, 5.74) is 7.55. The zero-order valence-electron chi connectivity index (χ0n) is 32.7. The maximum atomic E-state index is 13.9. The molecular weight excluding hydrogens is 619 g/mol. The van der Waals surface area contributed by atoms with Crippen molar-refractivity contribution in [3.8, 4) is 11.5 Å². The van der Waals surface area contributed by atoms with Gasteiger partial charge in [0.15, 0.2) is 0 Å². The van der Waals surface area contributed by atoms with E-state index in [1.165, 1.54) is 51.4 Å². The zero-order chi connectivity index (χ0) is 35.6. The van der Waals surface area contributed by atoms with Crippen molar-refractivity contribution < 1.29 is 9.53 Å². The minimum atomic E-state index is -1.57. The van der Waals surface area contributed by atoms with E-state index < -0.39 is 8.07 Å². The van der Waals surface area contributed by atoms with E-state index in [9.17, 15) is 4.79 Å². The van der Waals surface area contributed by atoms with Gasteiger partial charge in [-0.25, -0.2) is 4.79 Å². The first-order valence-corrected chi connectivity index (χ1v) is 23.4. The Hall–Kier alpha value is -2.39. The molecule has 6 heteroatoms. The summed E-state index contributed by atoms with van der Waals surface area (Å²) in [6, 6.07) is 5.68. The van der Waals surface area contributed by atoms with Crippen LogP contribution in [0, 0.1) is 57.8 Å². The van der Waals surface area contributed by atoms with Gasteiger partial charge < -0.3 is 4.74 Å². The average molecular weight is 686 g/mol. The van der Waals surface area contributed by atoms with E-state index >= 15 is 0 Å². The van der Waals surface area contributed by atoms with Crippen molar-refractivity contribution in [2.45, 2.75) is 145 Å². The van der Waals surface area contributed by atoms with Crippen LogP contribution in [0.15, 0.2) is 40.2 Å². The molecule has 0 heterocycles. The van der Waals surface area contributed by atoms with Gasteiger partial charge >= 0.3 is 5.97 Å². The molecule has 0 amide bonds. The highest BCUT2D eigenvalue weighted by molar-refractivity contribution is 6.83. The molecule has 3 fully saturated rings. The van der Waals surface area contributed by atoms with Gasteiger partial charge in [0.1, 0.15) is 19.9 Å². The number of esters is 1. The lowest BCUT2D eigenvalue weighted by Gasteiger charge is -2.58. The summed E-state index contributed by atoms with van der Waals surface area (Å²) in [6.07, 6.45) is 16.3. The number of carbonyl (C=O) groups is 1. The SMILES string of the molecule is CCN(CC)N=Nc1ccc(C#C[Si](C)(C)C)cc1C(=O)O[C@H]1CC[C@@]2(C)C(=CC[C@H]3[C@@H]4CC[C@H]([C@H](C)CCCC(C)C)[C@@]4(C)CC[C@@H]32)C1. The van der Waals surface area contributed by atoms with Crippen LogP contribution in [0.25, 0.3) is 0 Å². The second-order valence-corrected chi connectivity index (χ2v) is 22.9. The lowest BCUT2D eigenvalue weighted by atomic mass is 9.47. The molecule has 5 rings (SSSR count). The molecule has 4 aliphatic rings. The molecule has 5 nitrogen and oxygen atoms in total. The first kappa shape index (κ1) is 37.9. The normalized spacial score (nSPS) is 31.7. The summed E-state index contributed by atoms with van der Waals surface area (Å²) in [4.78, 5) is 13.9. The number of nitrogens with zero attached hydrogens (tertiary/aromatic N) is 3. The minimum Gasteiger partial charge on any atom is -0.458 e. The molecule has 49 heavy (non-hydrogen) atoms. The highest BCUT2D eigenvalue weighted by Crippen LogP contribution is 2.67. The summed E-state index contributed by atoms with van der Waals surface area (Å²) in [5, 5.41) is 10.8. The van der Waals surface area contributed by atoms with Gasteiger partial charge in [0.25, 0.3) is 0 Å². The molecule has 0 spiro atoms. The highest BCUT2D eigenvalue weighted by atomic mass is 28.3. The molecule has 8 atom stereocenters. The van der Waals surface area contributed by atoms with Gasteiger partial charge in [-0.2, -0.15) is 0 Å². The van der Waals surface area contributed by atoms with Crippen molar-refractivity contribution in [3.05, 3.63) is 41.0 Å². The first-order valence-electron chi connectivity index (χ1n) is 19.9. The van der Waals surface area contributed by atoms with Gasteiger partial charge in [-0.3, -0.25) is 5.01 Å². The van der Waals surface area contributed by atoms with Crippen molar-refractivity contribution in [1.29, 1.82) is 0 Å². The zero-order valence-corrected chi connectivity index (χ0v) is 33.7. The molecular formula is C43H67N3O2Si. The van der Waals surface area contributed by atoms with Crippen molar-refractivity contribution in [2.75, 3.05) is 13.1 Å². The number of hydrogen-bond acceptors (Lipinski definition) is 4. The Morgan fingerprint density at radius 2 is 1.78 bits per heavy atom. The summed E-state index contributed by atoms with van der Waals surface area (Å²) in [7, 11) is -1.57. The maximum Gasteiger partial charge on any atom is 0.340 e. The number of benzene rings is 1. The molecule has 1 aromatic carbocycles. The number of carbonyl (C=O) groups excluding carboxylic acids is 1. The Kier molecular flexibility index (Phi) is 11.9. The van der Waals surface area contributed by atoms with Gasteiger partial charge in [0.05, 0.1) is 5.56 Å². The molecule has 0 unspecified atom stereocenters. The Morgan fingerprint density at radius 1 is 1.02 bits per heavy atom. The van der Waals surface area contributed by atoms with Gasteiger partial charge in [-0.15, -0.1) is 10.7 Å². The quantitative estimate of drug-likeness (QED) is 0.0582. The fourth-order valence-electron chi connectivity index (χ4n) is 10.6. The molecule has 270 valence electrons. The lowest BCUT2D eigenvalue weighted by molar-refractivity contribution is -0.0594. The molecule has 0 N–H and O–H groups in total. The highest BCUT2D eigenvalue weighted by Gasteiger charge is 2.59. The van der Waals surface area contributed by atoms with Gasteiger partial charge in [-0.1, -0.05) is 96.3 Å². The number of allylic oxidation sites excluding steroid dienone is 1. The molecule has 0 radical (unpaired) electrons. The van der Waals surface area contributed by atoms with Gasteiger partial charge in [0, 0.05) is 25.1 Å². The molecule has 1 aromatic rings. The monoisotopic (exact) mass is 686 g/mol. The van der Waals surface area contributed by atoms with Gasteiger partial charge in [0.2, 0.25) is 0 Å². The number of fused-ring (bicyclic) bond motifs is 5. The maximum absolute atomic E-state index is 13.9. The molecule has 0 aliphatic heterocycles. The molecule has 4 aliphatic carbocycles. The topological polar surface area (TPSA) is 54.3 Å². The second kappa shape index (κ2) is 15.5. The fourth-order valence-corrected chi connectivity index (χ4v) is 11.1. The van der Waals surface area contributed by atoms with Crippen LogP contribution >= 0.6 is 0 Å². The van der Waals surface area contributed by atoms with Crippen molar-refractivity contribution in [2.24, 2.45) is 56.7 Å². The van der Waals surface area contributed by atoms with Crippen LogP contribution in [0.2, 0.25) is 19.6 Å². The smallest absolute Gasteiger partial charge is 0.340 e. The van der Waals surface area contributed by atoms with E-state index in [0.717, 1.165) is 73.4 Å². The third kappa shape index (κ3) is 8.40. The van der Waals surface area contributed by atoms with Crippen LogP contribution in [0.3, 0.4) is 0 Å². The van der Waals surface area contributed by atoms with E-state index in [2.05, 4.69) is 96.0 Å². The van der Waals surface area contributed by atoms with Crippen LogP contribution in [0.4, 0.5) is 5.69 Å². The molecule has 0 aromatic heterocycles. The van der Waals surface area contributed by atoms with E-state index in [4.69, 9.17) is 4.74 Å². The van der Waals surface area contributed by atoms with Crippen molar-refractivity contribution >= 4 is 19.7 Å². The Labute approximate surface area is 300 Å². The number of ether oxygens (including phenoxy) is 1. The fraction of sp³-hybridized carbons (Fsp3) is 0.744. The molecule has 3 saturated carbocycles. The van der Waals surface area contributed by atoms with E-state index in [0.29, 0.717) is 16.7 Å². The van der Waals surface area contributed by atoms with E-state index in [1.807, 2.05) is 23.2 Å². The number of rotatable bonds is 11. The van der Waals surface area contributed by atoms with Crippen LogP contribution in [0.1, 0.15) is 135 Å². The summed E-state index contributed by atoms with van der Waals surface area (Å²) in [5.74, 6) is 7.97. The first-order chi connectivity index (χ1) is 23.2.